The van der Waals surface area contributed by atoms with E-state index in [0.717, 1.165) is 5.56 Å². The summed E-state index contributed by atoms with van der Waals surface area (Å²) in [6, 6.07) is 22.9. The van der Waals surface area contributed by atoms with Gasteiger partial charge in [0.2, 0.25) is 5.88 Å². The first-order valence-corrected chi connectivity index (χ1v) is 14.1. The van der Waals surface area contributed by atoms with Gasteiger partial charge in [-0.3, -0.25) is 5.32 Å². The van der Waals surface area contributed by atoms with Gasteiger partial charge in [0.25, 0.3) is 8.32 Å². The van der Waals surface area contributed by atoms with Crippen molar-refractivity contribution in [2.75, 3.05) is 19.0 Å². The minimum absolute atomic E-state index is 0.122. The number of rotatable bonds is 8. The summed E-state index contributed by atoms with van der Waals surface area (Å²) in [4.78, 5) is 16.7. The summed E-state index contributed by atoms with van der Waals surface area (Å²) < 4.78 is 17.8. The Morgan fingerprint density at radius 2 is 1.47 bits per heavy atom. The van der Waals surface area contributed by atoms with Crippen molar-refractivity contribution in [3.05, 3.63) is 78.5 Å². The average molecular weight is 507 g/mol. The normalized spacial score (nSPS) is 12.2. The van der Waals surface area contributed by atoms with Gasteiger partial charge in [-0.15, -0.1) is 0 Å². The molecular formula is C29H38N2O4Si. The highest BCUT2D eigenvalue weighted by atomic mass is 28.4. The summed E-state index contributed by atoms with van der Waals surface area (Å²) in [6.45, 7) is 12.7. The molecule has 1 aromatic heterocycles. The van der Waals surface area contributed by atoms with E-state index in [4.69, 9.17) is 13.9 Å². The number of methoxy groups -OCH3 is 1. The predicted octanol–water partition coefficient (Wildman–Crippen LogP) is 5.56. The molecule has 0 spiro atoms. The van der Waals surface area contributed by atoms with E-state index in [2.05, 4.69) is 79.6 Å². The van der Waals surface area contributed by atoms with Gasteiger partial charge in [-0.25, -0.2) is 9.78 Å². The fourth-order valence-corrected chi connectivity index (χ4v) is 8.96. The molecule has 0 fully saturated rings. The minimum Gasteiger partial charge on any atom is -0.481 e. The van der Waals surface area contributed by atoms with Crippen molar-refractivity contribution in [1.82, 2.24) is 4.98 Å². The molecule has 0 bridgehead atoms. The molecule has 0 saturated carbocycles. The summed E-state index contributed by atoms with van der Waals surface area (Å²) in [5.41, 5.74) is 0.845. The molecule has 6 nitrogen and oxygen atoms in total. The molecule has 0 aliphatic heterocycles. The number of amides is 1. The lowest BCUT2D eigenvalue weighted by Crippen LogP contribution is -2.66. The summed E-state index contributed by atoms with van der Waals surface area (Å²) in [6.07, 6.45) is 1.64. The molecule has 3 aromatic rings. The van der Waals surface area contributed by atoms with Gasteiger partial charge in [-0.1, -0.05) is 81.4 Å². The van der Waals surface area contributed by atoms with Crippen LogP contribution in [-0.2, 0) is 15.6 Å². The molecule has 0 unspecified atom stereocenters. The molecule has 0 radical (unpaired) electrons. The third kappa shape index (κ3) is 6.53. The summed E-state index contributed by atoms with van der Waals surface area (Å²) in [5, 5.41) is 5.16. The van der Waals surface area contributed by atoms with Crippen molar-refractivity contribution in [2.45, 2.75) is 58.6 Å². The highest BCUT2D eigenvalue weighted by Gasteiger charge is 2.50. The Kier molecular flexibility index (Phi) is 8.58. The third-order valence-corrected chi connectivity index (χ3v) is 11.0. The smallest absolute Gasteiger partial charge is 0.412 e. The van der Waals surface area contributed by atoms with Crippen LogP contribution < -0.4 is 20.4 Å². The zero-order chi connectivity index (χ0) is 26.4. The molecule has 192 valence electrons. The van der Waals surface area contributed by atoms with Crippen LogP contribution in [0.2, 0.25) is 5.04 Å². The first-order valence-electron chi connectivity index (χ1n) is 12.2. The summed E-state index contributed by atoms with van der Waals surface area (Å²) in [7, 11) is -1.09. The Labute approximate surface area is 216 Å². The van der Waals surface area contributed by atoms with E-state index in [1.165, 1.54) is 10.4 Å². The standard InChI is InChI=1S/C29H38N2O4Si/c1-28(2,3)35-27(32)31-25-21-30-26(33-7)20-22(25)18-19-34-36(29(4,5)6,23-14-10-8-11-15-23)24-16-12-9-13-17-24/h8-17,20-21H,18-19H2,1-7H3,(H,31,32). The number of carbonyl (C=O) groups excluding carboxylic acids is 1. The maximum atomic E-state index is 12.5. The number of aromatic nitrogens is 1. The molecule has 1 heterocycles. The van der Waals surface area contributed by atoms with Crippen molar-refractivity contribution in [1.29, 1.82) is 0 Å². The van der Waals surface area contributed by atoms with Gasteiger partial charge in [-0.2, -0.15) is 0 Å². The SMILES string of the molecule is COc1cc(CCO[Si](c2ccccc2)(c2ccccc2)C(C)(C)C)c(NC(=O)OC(C)(C)C)cn1. The number of anilines is 1. The van der Waals surface area contributed by atoms with Crippen LogP contribution >= 0.6 is 0 Å². The molecule has 0 atom stereocenters. The van der Waals surface area contributed by atoms with Crippen LogP contribution in [0, 0.1) is 0 Å². The maximum Gasteiger partial charge on any atom is 0.412 e. The topological polar surface area (TPSA) is 69.7 Å². The van der Waals surface area contributed by atoms with Gasteiger partial charge in [0.1, 0.15) is 5.60 Å². The van der Waals surface area contributed by atoms with Crippen molar-refractivity contribution < 1.29 is 18.7 Å². The van der Waals surface area contributed by atoms with Crippen LogP contribution in [0.1, 0.15) is 47.1 Å². The fourth-order valence-electron chi connectivity index (χ4n) is 4.40. The zero-order valence-electron chi connectivity index (χ0n) is 22.4. The molecule has 0 aliphatic carbocycles. The van der Waals surface area contributed by atoms with Gasteiger partial charge in [0.05, 0.1) is 19.0 Å². The van der Waals surface area contributed by atoms with Gasteiger partial charge >= 0.3 is 6.09 Å². The Hall–Kier alpha value is -3.16. The molecule has 36 heavy (non-hydrogen) atoms. The predicted molar refractivity (Wildman–Crippen MR) is 148 cm³/mol. The van der Waals surface area contributed by atoms with Crippen molar-refractivity contribution in [3.63, 3.8) is 0 Å². The Morgan fingerprint density at radius 3 is 1.94 bits per heavy atom. The second-order valence-electron chi connectivity index (χ2n) is 10.8. The van der Waals surface area contributed by atoms with E-state index in [-0.39, 0.29) is 5.04 Å². The number of hydrogen-bond donors (Lipinski definition) is 1. The van der Waals surface area contributed by atoms with E-state index in [0.29, 0.717) is 24.6 Å². The van der Waals surface area contributed by atoms with Crippen LogP contribution in [0.3, 0.4) is 0 Å². The van der Waals surface area contributed by atoms with Crippen LogP contribution in [0.15, 0.2) is 72.9 Å². The number of pyridine rings is 1. The van der Waals surface area contributed by atoms with E-state index in [9.17, 15) is 4.79 Å². The Bertz CT molecular complexity index is 1100. The number of ether oxygens (including phenoxy) is 2. The van der Waals surface area contributed by atoms with E-state index in [1.807, 2.05) is 39.0 Å². The lowest BCUT2D eigenvalue weighted by molar-refractivity contribution is 0.0635. The zero-order valence-corrected chi connectivity index (χ0v) is 23.4. The molecule has 3 rings (SSSR count). The van der Waals surface area contributed by atoms with Crippen LogP contribution in [0.5, 0.6) is 5.88 Å². The minimum atomic E-state index is -2.67. The monoisotopic (exact) mass is 506 g/mol. The second-order valence-corrected chi connectivity index (χ2v) is 15.1. The number of nitrogens with zero attached hydrogens (tertiary/aromatic N) is 1. The second kappa shape index (κ2) is 11.3. The van der Waals surface area contributed by atoms with Gasteiger partial charge in [0, 0.05) is 12.7 Å². The Balaban J connectivity index is 1.93. The van der Waals surface area contributed by atoms with Gasteiger partial charge < -0.3 is 13.9 Å². The molecule has 2 aromatic carbocycles. The first kappa shape index (κ1) is 27.4. The van der Waals surface area contributed by atoms with Crippen molar-refractivity contribution in [3.8, 4) is 5.88 Å². The van der Waals surface area contributed by atoms with Crippen molar-refractivity contribution in [2.24, 2.45) is 0 Å². The lowest BCUT2D eigenvalue weighted by atomic mass is 10.1. The number of nitrogens with one attached hydrogen (secondary N) is 1. The van der Waals surface area contributed by atoms with E-state index in [1.54, 1.807) is 13.3 Å². The first-order chi connectivity index (χ1) is 17.0. The molecule has 0 saturated heterocycles. The van der Waals surface area contributed by atoms with Gasteiger partial charge in [-0.05, 0) is 48.2 Å². The third-order valence-electron chi connectivity index (χ3n) is 5.92. The Morgan fingerprint density at radius 1 is 0.917 bits per heavy atom. The summed E-state index contributed by atoms with van der Waals surface area (Å²) in [5.74, 6) is 0.477. The molecular weight excluding hydrogens is 468 g/mol. The number of hydrogen-bond acceptors (Lipinski definition) is 5. The largest absolute Gasteiger partial charge is 0.481 e. The molecule has 0 aliphatic rings. The lowest BCUT2D eigenvalue weighted by Gasteiger charge is -2.43. The summed E-state index contributed by atoms with van der Waals surface area (Å²) >= 11 is 0. The van der Waals surface area contributed by atoms with E-state index < -0.39 is 20.0 Å². The highest BCUT2D eigenvalue weighted by Crippen LogP contribution is 2.37. The molecule has 1 N–H and O–H groups in total. The molecule has 1 amide bonds. The average Bonchev–Trinajstić information content (AvgIpc) is 2.82. The van der Waals surface area contributed by atoms with E-state index >= 15 is 0 Å². The fraction of sp³-hybridized carbons (Fsp3) is 0.379. The van der Waals surface area contributed by atoms with Crippen LogP contribution in [-0.4, -0.2) is 38.7 Å². The maximum absolute atomic E-state index is 12.5. The molecule has 7 heteroatoms. The van der Waals surface area contributed by atoms with Crippen LogP contribution in [0.25, 0.3) is 0 Å². The quantitative estimate of drug-likeness (QED) is 0.405. The van der Waals surface area contributed by atoms with Crippen LogP contribution in [0.4, 0.5) is 10.5 Å². The van der Waals surface area contributed by atoms with Gasteiger partial charge in [0.15, 0.2) is 0 Å². The highest BCUT2D eigenvalue weighted by molar-refractivity contribution is 6.99. The number of benzene rings is 2. The van der Waals surface area contributed by atoms with Crippen molar-refractivity contribution >= 4 is 30.5 Å². The number of carbonyl (C=O) groups is 1.